The Balaban J connectivity index is 1.75. The Kier molecular flexibility index (Phi) is 8.85. The van der Waals surface area contributed by atoms with Crippen LogP contribution in [0.25, 0.3) is 0 Å². The van der Waals surface area contributed by atoms with Gasteiger partial charge in [0.05, 0.1) is 12.3 Å². The predicted octanol–water partition coefficient (Wildman–Crippen LogP) is 2.89. The molecule has 3 amide bonds. The Bertz CT molecular complexity index is 807. The second kappa shape index (κ2) is 11.6. The van der Waals surface area contributed by atoms with Crippen LogP contribution in [0.2, 0.25) is 0 Å². The Morgan fingerprint density at radius 3 is 2.21 bits per heavy atom. The molecule has 0 radical (unpaired) electrons. The zero-order valence-electron chi connectivity index (χ0n) is 16.3. The molecule has 0 saturated carbocycles. The maximum Gasteiger partial charge on any atom is 0.247 e. The SMILES string of the molecule is NC(=O)C(CCCCCC(=O)Nc1ccccc1)c1ccc(CC(=O)NO)cc1. The second-order valence-electron chi connectivity index (χ2n) is 6.92. The number of para-hydroxylation sites is 1. The fraction of sp³-hybridized carbons (Fsp3) is 0.318. The number of unbranched alkanes of at least 4 members (excludes halogenated alkanes) is 2. The third-order valence-corrected chi connectivity index (χ3v) is 4.67. The zero-order chi connectivity index (χ0) is 21.1. The third-order valence-electron chi connectivity index (χ3n) is 4.67. The number of hydrogen-bond donors (Lipinski definition) is 4. The molecule has 0 aliphatic heterocycles. The average Bonchev–Trinajstić information content (AvgIpc) is 2.72. The quantitative estimate of drug-likeness (QED) is 0.265. The van der Waals surface area contributed by atoms with Gasteiger partial charge in [-0.05, 0) is 36.1 Å². The molecule has 7 nitrogen and oxygen atoms in total. The Morgan fingerprint density at radius 2 is 1.59 bits per heavy atom. The summed E-state index contributed by atoms with van der Waals surface area (Å²) in [4.78, 5) is 35.0. The minimum atomic E-state index is -0.500. The van der Waals surface area contributed by atoms with Crippen LogP contribution in [0.3, 0.4) is 0 Å². The van der Waals surface area contributed by atoms with Crippen LogP contribution in [-0.2, 0) is 20.8 Å². The first-order chi connectivity index (χ1) is 14.0. The zero-order valence-corrected chi connectivity index (χ0v) is 16.3. The van der Waals surface area contributed by atoms with E-state index >= 15 is 0 Å². The lowest BCUT2D eigenvalue weighted by Crippen LogP contribution is -2.22. The summed E-state index contributed by atoms with van der Waals surface area (Å²) in [7, 11) is 0. The van der Waals surface area contributed by atoms with Crippen molar-refractivity contribution in [1.82, 2.24) is 5.48 Å². The van der Waals surface area contributed by atoms with Crippen LogP contribution in [0.4, 0.5) is 5.69 Å². The maximum absolute atomic E-state index is 11.9. The fourth-order valence-electron chi connectivity index (χ4n) is 3.12. The average molecular weight is 397 g/mol. The minimum Gasteiger partial charge on any atom is -0.369 e. The highest BCUT2D eigenvalue weighted by Gasteiger charge is 2.17. The van der Waals surface area contributed by atoms with Crippen molar-refractivity contribution in [3.8, 4) is 0 Å². The second-order valence-corrected chi connectivity index (χ2v) is 6.92. The van der Waals surface area contributed by atoms with E-state index < -0.39 is 17.7 Å². The molecule has 2 rings (SSSR count). The van der Waals surface area contributed by atoms with E-state index in [1.165, 1.54) is 0 Å². The van der Waals surface area contributed by atoms with E-state index in [9.17, 15) is 14.4 Å². The fourth-order valence-corrected chi connectivity index (χ4v) is 3.12. The summed E-state index contributed by atoms with van der Waals surface area (Å²) >= 11 is 0. The summed E-state index contributed by atoms with van der Waals surface area (Å²) in [6.45, 7) is 0. The first kappa shape index (κ1) is 22.1. The minimum absolute atomic E-state index is 0.0230. The number of benzene rings is 2. The van der Waals surface area contributed by atoms with Gasteiger partial charge in [-0.25, -0.2) is 5.48 Å². The monoisotopic (exact) mass is 397 g/mol. The Morgan fingerprint density at radius 1 is 0.897 bits per heavy atom. The maximum atomic E-state index is 11.9. The molecular weight excluding hydrogens is 370 g/mol. The molecule has 0 aromatic heterocycles. The topological polar surface area (TPSA) is 122 Å². The van der Waals surface area contributed by atoms with Crippen molar-refractivity contribution in [3.05, 3.63) is 65.7 Å². The van der Waals surface area contributed by atoms with E-state index in [2.05, 4.69) is 5.32 Å². The molecule has 0 bridgehead atoms. The van der Waals surface area contributed by atoms with Crippen LogP contribution < -0.4 is 16.5 Å². The van der Waals surface area contributed by atoms with E-state index in [4.69, 9.17) is 10.9 Å². The van der Waals surface area contributed by atoms with E-state index in [0.29, 0.717) is 12.8 Å². The van der Waals surface area contributed by atoms with Gasteiger partial charge in [0.15, 0.2) is 0 Å². The number of primary amides is 1. The number of rotatable bonds is 11. The lowest BCUT2D eigenvalue weighted by Gasteiger charge is -2.14. The van der Waals surface area contributed by atoms with E-state index in [-0.39, 0.29) is 12.3 Å². The van der Waals surface area contributed by atoms with Gasteiger partial charge >= 0.3 is 0 Å². The lowest BCUT2D eigenvalue weighted by molar-refractivity contribution is -0.128. The highest BCUT2D eigenvalue weighted by Crippen LogP contribution is 2.23. The molecule has 0 aliphatic rings. The number of hydrogen-bond acceptors (Lipinski definition) is 4. The van der Waals surface area contributed by atoms with Crippen molar-refractivity contribution in [2.75, 3.05) is 5.32 Å². The van der Waals surface area contributed by atoms with Crippen LogP contribution in [-0.4, -0.2) is 22.9 Å². The lowest BCUT2D eigenvalue weighted by atomic mass is 9.91. The summed E-state index contributed by atoms with van der Waals surface area (Å²) in [6, 6.07) is 16.4. The smallest absolute Gasteiger partial charge is 0.247 e. The number of nitrogens with one attached hydrogen (secondary N) is 2. The van der Waals surface area contributed by atoms with Gasteiger partial charge in [-0.15, -0.1) is 0 Å². The van der Waals surface area contributed by atoms with Crippen molar-refractivity contribution in [2.45, 2.75) is 44.4 Å². The molecule has 154 valence electrons. The molecule has 0 aliphatic carbocycles. The number of carbonyl (C=O) groups excluding carboxylic acids is 3. The van der Waals surface area contributed by atoms with Gasteiger partial charge < -0.3 is 11.1 Å². The number of hydroxylamine groups is 1. The van der Waals surface area contributed by atoms with Gasteiger partial charge in [0.25, 0.3) is 0 Å². The molecule has 2 aromatic rings. The van der Waals surface area contributed by atoms with Gasteiger partial charge in [-0.2, -0.15) is 0 Å². The van der Waals surface area contributed by atoms with Gasteiger partial charge in [0.1, 0.15) is 0 Å². The molecule has 0 saturated heterocycles. The third kappa shape index (κ3) is 7.75. The van der Waals surface area contributed by atoms with Crippen LogP contribution >= 0.6 is 0 Å². The summed E-state index contributed by atoms with van der Waals surface area (Å²) in [5, 5.41) is 11.4. The summed E-state index contributed by atoms with van der Waals surface area (Å²) in [5.74, 6) is -1.33. The van der Waals surface area contributed by atoms with Crippen molar-refractivity contribution in [2.24, 2.45) is 5.73 Å². The molecule has 29 heavy (non-hydrogen) atoms. The normalized spacial score (nSPS) is 11.5. The molecule has 0 heterocycles. The predicted molar refractivity (Wildman–Crippen MR) is 110 cm³/mol. The van der Waals surface area contributed by atoms with Gasteiger partial charge in [0.2, 0.25) is 17.7 Å². The summed E-state index contributed by atoms with van der Waals surface area (Å²) in [6.07, 6.45) is 3.42. The number of amides is 3. The molecule has 1 unspecified atom stereocenters. The highest BCUT2D eigenvalue weighted by atomic mass is 16.5. The first-order valence-corrected chi connectivity index (χ1v) is 9.65. The summed E-state index contributed by atoms with van der Waals surface area (Å²) < 4.78 is 0. The largest absolute Gasteiger partial charge is 0.369 e. The number of nitrogens with two attached hydrogens (primary N) is 1. The van der Waals surface area contributed by atoms with Crippen molar-refractivity contribution in [1.29, 1.82) is 0 Å². The Labute approximate surface area is 170 Å². The molecule has 2 aromatic carbocycles. The molecule has 0 spiro atoms. The van der Waals surface area contributed by atoms with E-state index in [0.717, 1.165) is 36.1 Å². The molecular formula is C22H27N3O4. The molecule has 0 fully saturated rings. The summed E-state index contributed by atoms with van der Waals surface area (Å²) in [5.41, 5.74) is 9.46. The van der Waals surface area contributed by atoms with Gasteiger partial charge in [-0.3, -0.25) is 19.6 Å². The van der Waals surface area contributed by atoms with Crippen LogP contribution in [0.1, 0.15) is 49.1 Å². The molecule has 5 N–H and O–H groups in total. The van der Waals surface area contributed by atoms with Crippen molar-refractivity contribution >= 4 is 23.4 Å². The van der Waals surface area contributed by atoms with Gasteiger partial charge in [-0.1, -0.05) is 55.3 Å². The van der Waals surface area contributed by atoms with Crippen molar-refractivity contribution in [3.63, 3.8) is 0 Å². The number of carbonyl (C=O) groups is 3. The van der Waals surface area contributed by atoms with E-state index in [1.807, 2.05) is 30.3 Å². The Hall–Kier alpha value is -3.19. The van der Waals surface area contributed by atoms with Crippen LogP contribution in [0, 0.1) is 0 Å². The standard InChI is InChI=1S/C22H27N3O4/c23-22(28)19(17-13-11-16(12-14-17)15-21(27)25-29)9-5-2-6-10-20(26)24-18-7-3-1-4-8-18/h1,3-4,7-8,11-14,19,29H,2,5-6,9-10,15H2,(H2,23,28)(H,24,26)(H,25,27). The molecule has 1 atom stereocenters. The number of anilines is 1. The highest BCUT2D eigenvalue weighted by molar-refractivity contribution is 5.90. The van der Waals surface area contributed by atoms with Crippen molar-refractivity contribution < 1.29 is 19.6 Å². The first-order valence-electron chi connectivity index (χ1n) is 9.65. The van der Waals surface area contributed by atoms with Gasteiger partial charge in [0, 0.05) is 12.1 Å². The van der Waals surface area contributed by atoms with Crippen LogP contribution in [0.5, 0.6) is 0 Å². The van der Waals surface area contributed by atoms with Crippen LogP contribution in [0.15, 0.2) is 54.6 Å². The van der Waals surface area contributed by atoms with E-state index in [1.54, 1.807) is 29.7 Å². The molecule has 7 heteroatoms.